The largest absolute Gasteiger partial charge is 0.494 e. The fourth-order valence-corrected chi connectivity index (χ4v) is 4.54. The lowest BCUT2D eigenvalue weighted by Gasteiger charge is -2.34. The zero-order valence-corrected chi connectivity index (χ0v) is 18.7. The van der Waals surface area contributed by atoms with Gasteiger partial charge < -0.3 is 15.4 Å². The number of aromatic nitrogens is 2. The molecule has 1 aliphatic heterocycles. The number of aryl methyl sites for hydroxylation is 1. The Hall–Kier alpha value is -3.87. The fraction of sp³-hybridized carbons (Fsp3) is 0.269. The summed E-state index contributed by atoms with van der Waals surface area (Å²) in [7, 11) is 0. The number of carbonyl (C=O) groups is 2. The predicted octanol–water partition coefficient (Wildman–Crippen LogP) is 4.86. The number of hydrogen-bond donors (Lipinski definition) is 2. The SMILES string of the molecule is CCOc1ccccc1[C@@H]1C2=C(CCCC2=O)Nc2c(C(=O)Nc3ccc(C)cc3)cnn21. The molecule has 0 spiro atoms. The number of nitrogens with zero attached hydrogens (tertiary/aromatic N) is 2. The number of nitrogens with one attached hydrogen (secondary N) is 2. The zero-order valence-electron chi connectivity index (χ0n) is 18.7. The molecule has 1 atom stereocenters. The van der Waals surface area contributed by atoms with Crippen LogP contribution in [0, 0.1) is 6.92 Å². The molecule has 7 nitrogen and oxygen atoms in total. The Labute approximate surface area is 192 Å². The maximum Gasteiger partial charge on any atom is 0.261 e. The van der Waals surface area contributed by atoms with Gasteiger partial charge in [-0.25, -0.2) is 4.68 Å². The van der Waals surface area contributed by atoms with Crippen LogP contribution in [0.3, 0.4) is 0 Å². The number of para-hydroxylation sites is 1. The van der Waals surface area contributed by atoms with Crippen molar-refractivity contribution in [2.75, 3.05) is 17.2 Å². The number of ether oxygens (including phenoxy) is 1. The molecule has 0 bridgehead atoms. The highest BCUT2D eigenvalue weighted by atomic mass is 16.5. The summed E-state index contributed by atoms with van der Waals surface area (Å²) >= 11 is 0. The van der Waals surface area contributed by atoms with Crippen molar-refractivity contribution in [3.05, 3.63) is 82.7 Å². The van der Waals surface area contributed by atoms with E-state index in [1.54, 1.807) is 10.9 Å². The third kappa shape index (κ3) is 3.80. The van der Waals surface area contributed by atoms with Crippen LogP contribution in [-0.4, -0.2) is 28.1 Å². The number of anilines is 2. The molecule has 0 saturated heterocycles. The van der Waals surface area contributed by atoms with Crippen LogP contribution in [-0.2, 0) is 4.79 Å². The molecule has 0 saturated carbocycles. The van der Waals surface area contributed by atoms with E-state index in [1.807, 2.05) is 62.4 Å². The van der Waals surface area contributed by atoms with Gasteiger partial charge in [0.2, 0.25) is 0 Å². The molecule has 33 heavy (non-hydrogen) atoms. The standard InChI is InChI=1S/C26H26N4O3/c1-3-33-22-10-5-4-7-18(22)24-23-20(8-6-9-21(23)31)29-25-19(15-27-30(24)25)26(32)28-17-13-11-16(2)12-14-17/h4-5,7,10-15,24,29H,3,6,8-9H2,1-2H3,(H,28,32)/t24-/m1/s1. The summed E-state index contributed by atoms with van der Waals surface area (Å²) < 4.78 is 7.63. The van der Waals surface area contributed by atoms with E-state index in [-0.39, 0.29) is 11.7 Å². The minimum absolute atomic E-state index is 0.104. The van der Waals surface area contributed by atoms with Crippen LogP contribution in [0.5, 0.6) is 5.75 Å². The first kappa shape index (κ1) is 21.0. The van der Waals surface area contributed by atoms with Gasteiger partial charge in [0, 0.05) is 28.9 Å². The molecule has 1 aromatic heterocycles. The first-order valence-electron chi connectivity index (χ1n) is 11.3. The van der Waals surface area contributed by atoms with E-state index in [4.69, 9.17) is 4.74 Å². The Kier molecular flexibility index (Phi) is 5.46. The van der Waals surface area contributed by atoms with Gasteiger partial charge in [-0.05, 0) is 44.9 Å². The summed E-state index contributed by atoms with van der Waals surface area (Å²) in [6, 6.07) is 14.9. The van der Waals surface area contributed by atoms with Crippen molar-refractivity contribution in [3.8, 4) is 5.75 Å². The normalized spacial score (nSPS) is 17.2. The third-order valence-corrected chi connectivity index (χ3v) is 6.11. The number of allylic oxidation sites excluding steroid dienone is 2. The summed E-state index contributed by atoms with van der Waals surface area (Å²) in [5.74, 6) is 1.15. The van der Waals surface area contributed by atoms with Crippen molar-refractivity contribution in [1.82, 2.24) is 9.78 Å². The van der Waals surface area contributed by atoms with Gasteiger partial charge in [-0.2, -0.15) is 5.10 Å². The first-order chi connectivity index (χ1) is 16.1. The van der Waals surface area contributed by atoms with Gasteiger partial charge in [0.25, 0.3) is 5.91 Å². The highest BCUT2D eigenvalue weighted by Gasteiger charge is 2.38. The molecule has 2 heterocycles. The van der Waals surface area contributed by atoms with Crippen LogP contribution in [0.4, 0.5) is 11.5 Å². The number of amides is 1. The van der Waals surface area contributed by atoms with Crippen LogP contribution < -0.4 is 15.4 Å². The molecule has 168 valence electrons. The molecule has 0 radical (unpaired) electrons. The molecule has 1 aliphatic carbocycles. The molecule has 1 amide bonds. The number of carbonyl (C=O) groups excluding carboxylic acids is 2. The van der Waals surface area contributed by atoms with Gasteiger partial charge in [0.15, 0.2) is 5.78 Å². The van der Waals surface area contributed by atoms with E-state index in [1.165, 1.54) is 0 Å². The summed E-state index contributed by atoms with van der Waals surface area (Å²) in [6.45, 7) is 4.45. The molecule has 2 N–H and O–H groups in total. The van der Waals surface area contributed by atoms with Gasteiger partial charge in [-0.1, -0.05) is 35.9 Å². The molecule has 3 aromatic rings. The smallest absolute Gasteiger partial charge is 0.261 e. The van der Waals surface area contributed by atoms with E-state index >= 15 is 0 Å². The highest BCUT2D eigenvalue weighted by molar-refractivity contribution is 6.08. The van der Waals surface area contributed by atoms with Crippen molar-refractivity contribution in [2.24, 2.45) is 0 Å². The average Bonchev–Trinajstić information content (AvgIpc) is 3.24. The van der Waals surface area contributed by atoms with Gasteiger partial charge >= 0.3 is 0 Å². The van der Waals surface area contributed by atoms with Crippen LogP contribution in [0.15, 0.2) is 66.0 Å². The maximum atomic E-state index is 13.2. The molecule has 5 rings (SSSR count). The summed E-state index contributed by atoms with van der Waals surface area (Å²) in [5.41, 5.74) is 4.69. The van der Waals surface area contributed by atoms with E-state index in [0.717, 1.165) is 29.7 Å². The molecule has 2 aliphatic rings. The number of benzene rings is 2. The van der Waals surface area contributed by atoms with E-state index < -0.39 is 6.04 Å². The maximum absolute atomic E-state index is 13.2. The Balaban J connectivity index is 1.59. The zero-order chi connectivity index (χ0) is 22.9. The van der Waals surface area contributed by atoms with Crippen molar-refractivity contribution in [1.29, 1.82) is 0 Å². The number of ketones is 1. The number of Topliss-reactive ketones (excluding diaryl/α,β-unsaturated/α-hetero) is 1. The van der Waals surface area contributed by atoms with Gasteiger partial charge in [0.05, 0.1) is 12.8 Å². The predicted molar refractivity (Wildman–Crippen MR) is 127 cm³/mol. The number of hydrogen-bond acceptors (Lipinski definition) is 5. The lowest BCUT2D eigenvalue weighted by molar-refractivity contribution is -0.116. The lowest BCUT2D eigenvalue weighted by atomic mass is 9.85. The van der Waals surface area contributed by atoms with Crippen LogP contribution in [0.2, 0.25) is 0 Å². The molecule has 0 unspecified atom stereocenters. The van der Waals surface area contributed by atoms with Crippen molar-refractivity contribution in [3.63, 3.8) is 0 Å². The van der Waals surface area contributed by atoms with Gasteiger partial charge in [0.1, 0.15) is 23.2 Å². The summed E-state index contributed by atoms with van der Waals surface area (Å²) in [6.07, 6.45) is 3.60. The summed E-state index contributed by atoms with van der Waals surface area (Å²) in [5, 5.41) is 10.9. The Morgan fingerprint density at radius 2 is 1.97 bits per heavy atom. The number of rotatable bonds is 5. The molecular weight excluding hydrogens is 416 g/mol. The van der Waals surface area contributed by atoms with E-state index in [2.05, 4.69) is 15.7 Å². The minimum Gasteiger partial charge on any atom is -0.494 e. The second kappa shape index (κ2) is 8.58. The second-order valence-corrected chi connectivity index (χ2v) is 8.34. The third-order valence-electron chi connectivity index (χ3n) is 6.11. The molecule has 7 heteroatoms. The Morgan fingerprint density at radius 1 is 1.18 bits per heavy atom. The quantitative estimate of drug-likeness (QED) is 0.589. The van der Waals surface area contributed by atoms with Gasteiger partial charge in [-0.3, -0.25) is 9.59 Å². The lowest BCUT2D eigenvalue weighted by Crippen LogP contribution is -2.32. The monoisotopic (exact) mass is 442 g/mol. The van der Waals surface area contributed by atoms with Crippen LogP contribution in [0.25, 0.3) is 0 Å². The Morgan fingerprint density at radius 3 is 2.76 bits per heavy atom. The van der Waals surface area contributed by atoms with Crippen molar-refractivity contribution in [2.45, 2.75) is 39.2 Å². The molecule has 2 aromatic carbocycles. The van der Waals surface area contributed by atoms with E-state index in [9.17, 15) is 9.59 Å². The Bertz CT molecular complexity index is 1260. The molecular formula is C26H26N4O3. The molecule has 0 fully saturated rings. The number of fused-ring (bicyclic) bond motifs is 1. The van der Waals surface area contributed by atoms with E-state index in [0.29, 0.717) is 41.4 Å². The minimum atomic E-state index is -0.451. The van der Waals surface area contributed by atoms with Crippen molar-refractivity contribution < 1.29 is 14.3 Å². The topological polar surface area (TPSA) is 85.2 Å². The van der Waals surface area contributed by atoms with Crippen LogP contribution in [0.1, 0.15) is 53.7 Å². The van der Waals surface area contributed by atoms with Gasteiger partial charge in [-0.15, -0.1) is 0 Å². The van der Waals surface area contributed by atoms with Crippen LogP contribution >= 0.6 is 0 Å². The average molecular weight is 443 g/mol. The van der Waals surface area contributed by atoms with Crippen molar-refractivity contribution >= 4 is 23.2 Å². The second-order valence-electron chi connectivity index (χ2n) is 8.34. The first-order valence-corrected chi connectivity index (χ1v) is 11.3. The highest BCUT2D eigenvalue weighted by Crippen LogP contribution is 2.44. The fourth-order valence-electron chi connectivity index (χ4n) is 4.54. The summed E-state index contributed by atoms with van der Waals surface area (Å²) in [4.78, 5) is 26.2.